The van der Waals surface area contributed by atoms with E-state index in [1.165, 1.54) is 0 Å². The fourth-order valence-electron chi connectivity index (χ4n) is 3.69. The molecule has 0 radical (unpaired) electrons. The molecule has 2 fully saturated rings. The van der Waals surface area contributed by atoms with Crippen LogP contribution in [0, 0.1) is 0 Å². The molecule has 0 saturated carbocycles. The molecule has 2 aliphatic heterocycles. The number of benzene rings is 1. The number of hydrogen-bond acceptors (Lipinski definition) is 4. The van der Waals surface area contributed by atoms with E-state index in [9.17, 15) is 9.59 Å². The zero-order valence-corrected chi connectivity index (χ0v) is 17.0. The lowest BCUT2D eigenvalue weighted by molar-refractivity contribution is -0.134. The van der Waals surface area contributed by atoms with Gasteiger partial charge in [0.25, 0.3) is 5.91 Å². The van der Waals surface area contributed by atoms with Crippen molar-refractivity contribution >= 4 is 23.4 Å². The van der Waals surface area contributed by atoms with Crippen LogP contribution in [0.15, 0.2) is 24.3 Å². The first kappa shape index (κ1) is 20.1. The Kier molecular flexibility index (Phi) is 6.73. The van der Waals surface area contributed by atoms with Crippen LogP contribution in [-0.4, -0.2) is 96.4 Å². The van der Waals surface area contributed by atoms with Crippen LogP contribution in [0.1, 0.15) is 24.2 Å². The van der Waals surface area contributed by atoms with Gasteiger partial charge >= 0.3 is 0 Å². The Bertz CT molecular complexity index is 666. The first-order valence-corrected chi connectivity index (χ1v) is 10.1. The Morgan fingerprint density at radius 3 is 2.11 bits per heavy atom. The number of nitrogens with zero attached hydrogens (tertiary/aromatic N) is 4. The molecule has 1 aromatic rings. The van der Waals surface area contributed by atoms with Gasteiger partial charge < -0.3 is 9.80 Å². The maximum absolute atomic E-state index is 12.6. The molecule has 0 aliphatic carbocycles. The lowest BCUT2D eigenvalue weighted by Crippen LogP contribution is -2.55. The minimum absolute atomic E-state index is 0.0311. The van der Waals surface area contributed by atoms with E-state index in [1.807, 2.05) is 21.9 Å². The van der Waals surface area contributed by atoms with E-state index >= 15 is 0 Å². The predicted molar refractivity (Wildman–Crippen MR) is 107 cm³/mol. The monoisotopic (exact) mass is 392 g/mol. The second kappa shape index (κ2) is 9.04. The van der Waals surface area contributed by atoms with Crippen molar-refractivity contribution < 1.29 is 9.59 Å². The Morgan fingerprint density at radius 2 is 1.52 bits per heavy atom. The standard InChI is InChI=1S/C20H29ClN4O2/c1-16(2)23-11-13-24(14-12-23)19(26)15-22-7-9-25(10-8-22)20(27)17-5-3-4-6-18(17)21/h3-6,16H,7-15H2,1-2H3. The highest BCUT2D eigenvalue weighted by Gasteiger charge is 2.27. The number of carbonyl (C=O) groups is 2. The number of halogens is 1. The maximum Gasteiger partial charge on any atom is 0.255 e. The van der Waals surface area contributed by atoms with Crippen molar-refractivity contribution in [1.82, 2.24) is 19.6 Å². The zero-order chi connectivity index (χ0) is 19.4. The highest BCUT2D eigenvalue weighted by atomic mass is 35.5. The fraction of sp³-hybridized carbons (Fsp3) is 0.600. The molecule has 2 heterocycles. The SMILES string of the molecule is CC(C)N1CCN(C(=O)CN2CCN(C(=O)c3ccccc3Cl)CC2)CC1. The summed E-state index contributed by atoms with van der Waals surface area (Å²) < 4.78 is 0. The molecule has 0 N–H and O–H groups in total. The van der Waals surface area contributed by atoms with Gasteiger partial charge in [-0.1, -0.05) is 23.7 Å². The molecule has 0 bridgehead atoms. The van der Waals surface area contributed by atoms with Crippen molar-refractivity contribution in [3.63, 3.8) is 0 Å². The van der Waals surface area contributed by atoms with Gasteiger partial charge in [-0.05, 0) is 26.0 Å². The molecule has 6 nitrogen and oxygen atoms in total. The molecule has 27 heavy (non-hydrogen) atoms. The molecule has 0 unspecified atom stereocenters. The lowest BCUT2D eigenvalue weighted by Gasteiger charge is -2.39. The second-order valence-corrected chi connectivity index (χ2v) is 7.97. The van der Waals surface area contributed by atoms with Crippen molar-refractivity contribution in [3.05, 3.63) is 34.9 Å². The largest absolute Gasteiger partial charge is 0.339 e. The summed E-state index contributed by atoms with van der Waals surface area (Å²) in [4.78, 5) is 33.6. The van der Waals surface area contributed by atoms with Crippen LogP contribution in [0.25, 0.3) is 0 Å². The summed E-state index contributed by atoms with van der Waals surface area (Å²) in [6.07, 6.45) is 0. The molecule has 2 amide bonds. The average Bonchev–Trinajstić information content (AvgIpc) is 2.68. The van der Waals surface area contributed by atoms with E-state index in [0.717, 1.165) is 26.2 Å². The van der Waals surface area contributed by atoms with E-state index < -0.39 is 0 Å². The van der Waals surface area contributed by atoms with Gasteiger partial charge in [-0.3, -0.25) is 19.4 Å². The summed E-state index contributed by atoms with van der Waals surface area (Å²) in [5.74, 6) is 0.167. The maximum atomic E-state index is 12.6. The van der Waals surface area contributed by atoms with Crippen molar-refractivity contribution in [2.75, 3.05) is 58.9 Å². The first-order chi connectivity index (χ1) is 13.0. The third-order valence-electron chi connectivity index (χ3n) is 5.52. The van der Waals surface area contributed by atoms with Gasteiger partial charge in [-0.2, -0.15) is 0 Å². The van der Waals surface area contributed by atoms with Gasteiger partial charge in [0, 0.05) is 58.4 Å². The lowest BCUT2D eigenvalue weighted by atomic mass is 10.1. The molecule has 0 aromatic heterocycles. The van der Waals surface area contributed by atoms with E-state index in [0.29, 0.717) is 49.4 Å². The summed E-state index contributed by atoms with van der Waals surface area (Å²) in [6, 6.07) is 7.68. The minimum Gasteiger partial charge on any atom is -0.339 e. The average molecular weight is 393 g/mol. The third-order valence-corrected chi connectivity index (χ3v) is 5.85. The van der Waals surface area contributed by atoms with Gasteiger partial charge in [-0.15, -0.1) is 0 Å². The van der Waals surface area contributed by atoms with Gasteiger partial charge in [-0.25, -0.2) is 0 Å². The molecular weight excluding hydrogens is 364 g/mol. The summed E-state index contributed by atoms with van der Waals surface area (Å²) in [7, 11) is 0. The number of carbonyl (C=O) groups excluding carboxylic acids is 2. The number of amides is 2. The minimum atomic E-state index is -0.0311. The highest BCUT2D eigenvalue weighted by molar-refractivity contribution is 6.33. The molecule has 3 rings (SSSR count). The molecule has 0 spiro atoms. The van der Waals surface area contributed by atoms with E-state index in [4.69, 9.17) is 11.6 Å². The highest BCUT2D eigenvalue weighted by Crippen LogP contribution is 2.18. The van der Waals surface area contributed by atoms with Crippen LogP contribution >= 0.6 is 11.6 Å². The van der Waals surface area contributed by atoms with Crippen molar-refractivity contribution in [2.45, 2.75) is 19.9 Å². The van der Waals surface area contributed by atoms with Crippen LogP contribution in [0.4, 0.5) is 0 Å². The van der Waals surface area contributed by atoms with Crippen LogP contribution in [0.5, 0.6) is 0 Å². The smallest absolute Gasteiger partial charge is 0.255 e. The number of rotatable bonds is 4. The van der Waals surface area contributed by atoms with Crippen LogP contribution in [0.2, 0.25) is 5.02 Å². The van der Waals surface area contributed by atoms with Gasteiger partial charge in [0.1, 0.15) is 0 Å². The third kappa shape index (κ3) is 5.00. The molecule has 148 valence electrons. The quantitative estimate of drug-likeness (QED) is 0.781. The van der Waals surface area contributed by atoms with Crippen molar-refractivity contribution in [3.8, 4) is 0 Å². The van der Waals surface area contributed by atoms with Crippen molar-refractivity contribution in [2.24, 2.45) is 0 Å². The van der Waals surface area contributed by atoms with E-state index in [2.05, 4.69) is 23.6 Å². The Labute approximate surface area is 166 Å². The van der Waals surface area contributed by atoms with E-state index in [-0.39, 0.29) is 11.8 Å². The number of hydrogen-bond donors (Lipinski definition) is 0. The number of piperazine rings is 2. The van der Waals surface area contributed by atoms with Crippen LogP contribution < -0.4 is 0 Å². The normalized spacial score (nSPS) is 19.6. The fourth-order valence-corrected chi connectivity index (χ4v) is 3.91. The molecule has 7 heteroatoms. The van der Waals surface area contributed by atoms with Gasteiger partial charge in [0.15, 0.2) is 0 Å². The zero-order valence-electron chi connectivity index (χ0n) is 16.2. The van der Waals surface area contributed by atoms with Crippen LogP contribution in [0.3, 0.4) is 0 Å². The Balaban J connectivity index is 1.45. The predicted octanol–water partition coefficient (Wildman–Crippen LogP) is 1.65. The van der Waals surface area contributed by atoms with Gasteiger partial charge in [0.2, 0.25) is 5.91 Å². The Morgan fingerprint density at radius 1 is 0.926 bits per heavy atom. The summed E-state index contributed by atoms with van der Waals surface area (Å²) in [5.41, 5.74) is 0.548. The van der Waals surface area contributed by atoms with Crippen molar-refractivity contribution in [1.29, 1.82) is 0 Å². The first-order valence-electron chi connectivity index (χ1n) is 9.73. The Hall–Kier alpha value is -1.63. The molecule has 2 aliphatic rings. The van der Waals surface area contributed by atoms with Crippen LogP contribution in [-0.2, 0) is 4.79 Å². The molecule has 2 saturated heterocycles. The molecule has 1 aromatic carbocycles. The van der Waals surface area contributed by atoms with E-state index in [1.54, 1.807) is 12.1 Å². The topological polar surface area (TPSA) is 47.1 Å². The summed E-state index contributed by atoms with van der Waals surface area (Å²) in [6.45, 7) is 11.0. The molecular formula is C20H29ClN4O2. The summed E-state index contributed by atoms with van der Waals surface area (Å²) in [5, 5.41) is 0.487. The molecule has 0 atom stereocenters. The second-order valence-electron chi connectivity index (χ2n) is 7.56. The van der Waals surface area contributed by atoms with Gasteiger partial charge in [0.05, 0.1) is 17.1 Å². The summed E-state index contributed by atoms with van der Waals surface area (Å²) >= 11 is 6.14.